The van der Waals surface area contributed by atoms with Gasteiger partial charge in [-0.05, 0) is 81.0 Å². The van der Waals surface area contributed by atoms with Crippen LogP contribution in [0.1, 0.15) is 45.9 Å². The second-order valence-corrected chi connectivity index (χ2v) is 10.4. The minimum absolute atomic E-state index is 0.235. The minimum Gasteiger partial charge on any atom is -0.595 e. The van der Waals surface area contributed by atoms with Gasteiger partial charge in [0.05, 0.1) is 0 Å². The van der Waals surface area contributed by atoms with E-state index in [1.165, 1.54) is 5.57 Å². The minimum atomic E-state index is -0.954. The monoisotopic (exact) mass is 470 g/mol. The topological polar surface area (TPSA) is 110 Å². The number of quaternary nitrogens is 1. The second-order valence-electron chi connectivity index (χ2n) is 10.4. The number of hydrogen-bond donors (Lipinski definition) is 3. The molecule has 1 aromatic carbocycles. The number of benzene rings is 1. The largest absolute Gasteiger partial charge is 0.595 e. The van der Waals surface area contributed by atoms with Gasteiger partial charge in [-0.25, -0.2) is 5.21 Å². The van der Waals surface area contributed by atoms with Crippen molar-refractivity contribution in [3.05, 3.63) is 47.0 Å². The summed E-state index contributed by atoms with van der Waals surface area (Å²) in [7, 11) is 0. The van der Waals surface area contributed by atoms with Crippen LogP contribution >= 0.6 is 0 Å². The van der Waals surface area contributed by atoms with Crippen molar-refractivity contribution in [2.75, 3.05) is 26.2 Å². The Kier molecular flexibility index (Phi) is 8.16. The molecular weight excluding hydrogens is 432 g/mol. The summed E-state index contributed by atoms with van der Waals surface area (Å²) < 4.78 is 5.96. The molecule has 3 N–H and O–H groups in total. The van der Waals surface area contributed by atoms with E-state index in [0.29, 0.717) is 48.0 Å². The third kappa shape index (κ3) is 5.93. The predicted octanol–water partition coefficient (Wildman–Crippen LogP) is 3.24. The van der Waals surface area contributed by atoms with E-state index in [1.807, 2.05) is 0 Å². The van der Waals surface area contributed by atoms with E-state index in [-0.39, 0.29) is 5.69 Å². The van der Waals surface area contributed by atoms with Crippen LogP contribution in [0.4, 0.5) is 5.69 Å². The summed E-state index contributed by atoms with van der Waals surface area (Å²) in [4.78, 5) is 2.58. The molecular formula is C26H38N4O4. The van der Waals surface area contributed by atoms with Crippen LogP contribution in [0.15, 0.2) is 40.3 Å². The first-order chi connectivity index (χ1) is 16.3. The molecule has 186 valence electrons. The highest BCUT2D eigenvalue weighted by Crippen LogP contribution is 2.39. The number of aromatic nitrogens is 2. The van der Waals surface area contributed by atoms with Crippen molar-refractivity contribution in [3.8, 4) is 11.5 Å². The third-order valence-electron chi connectivity index (χ3n) is 7.78. The number of rotatable bonds is 8. The van der Waals surface area contributed by atoms with Gasteiger partial charge in [-0.15, -0.1) is 10.2 Å². The lowest BCUT2D eigenvalue weighted by molar-refractivity contribution is -0.991. The average Bonchev–Trinajstić information content (AvgIpc) is 3.29. The van der Waals surface area contributed by atoms with Crippen LogP contribution < -0.4 is 5.23 Å². The Hall–Kier alpha value is -2.10. The van der Waals surface area contributed by atoms with Crippen molar-refractivity contribution >= 4 is 5.69 Å². The van der Waals surface area contributed by atoms with E-state index in [0.717, 1.165) is 50.9 Å². The molecule has 4 rings (SSSR count). The van der Waals surface area contributed by atoms with Crippen molar-refractivity contribution in [2.45, 2.75) is 46.5 Å². The summed E-state index contributed by atoms with van der Waals surface area (Å²) >= 11 is 0. The fraction of sp³-hybridized carbons (Fsp3) is 0.615. The molecule has 34 heavy (non-hydrogen) atoms. The molecule has 1 saturated heterocycles. The maximum atomic E-state index is 11.1. The standard InChI is InChI=1S/C26H38N4O4/c1-17(2)24-13-21(18(3)12-22(24)15-29-10-8-19(16-31)9-11-29)14-25-27-28-26(34-25)20-4-6-23(7-5-20)30(32)33/h4-7,12,17,19,21-22,24,30-32H,8-11,13-16H2,1-3H3. The number of piperidine rings is 1. The van der Waals surface area contributed by atoms with Gasteiger partial charge in [0.1, 0.15) is 0 Å². The molecule has 0 radical (unpaired) electrons. The van der Waals surface area contributed by atoms with E-state index in [9.17, 15) is 10.3 Å². The summed E-state index contributed by atoms with van der Waals surface area (Å²) in [6, 6.07) is 6.51. The van der Waals surface area contributed by atoms with Crippen molar-refractivity contribution in [3.63, 3.8) is 0 Å². The van der Waals surface area contributed by atoms with Crippen LogP contribution in [0.3, 0.4) is 0 Å². The molecule has 2 aromatic rings. The number of likely N-dealkylation sites (tertiary alicyclic amines) is 1. The van der Waals surface area contributed by atoms with Crippen LogP contribution in [-0.4, -0.2) is 51.7 Å². The Labute approximate surface area is 201 Å². The third-order valence-corrected chi connectivity index (χ3v) is 7.78. The van der Waals surface area contributed by atoms with E-state index in [2.05, 4.69) is 41.9 Å². The first kappa shape index (κ1) is 25.0. The maximum absolute atomic E-state index is 11.1. The van der Waals surface area contributed by atoms with Crippen molar-refractivity contribution in [2.24, 2.45) is 29.6 Å². The summed E-state index contributed by atoms with van der Waals surface area (Å²) in [5, 5.41) is 37.1. The van der Waals surface area contributed by atoms with Gasteiger partial charge in [0.25, 0.3) is 0 Å². The molecule has 0 bridgehead atoms. The summed E-state index contributed by atoms with van der Waals surface area (Å²) in [5.41, 5.74) is 2.36. The van der Waals surface area contributed by atoms with Crippen LogP contribution in [0.25, 0.3) is 11.5 Å². The van der Waals surface area contributed by atoms with Gasteiger partial charge in [0.2, 0.25) is 11.8 Å². The van der Waals surface area contributed by atoms with Crippen LogP contribution in [0.5, 0.6) is 0 Å². The normalized spacial score (nSPS) is 25.5. The molecule has 4 atom stereocenters. The van der Waals surface area contributed by atoms with E-state index in [4.69, 9.17) is 9.62 Å². The molecule has 8 heteroatoms. The zero-order valence-electron chi connectivity index (χ0n) is 20.5. The quantitative estimate of drug-likeness (QED) is 0.401. The fourth-order valence-corrected chi connectivity index (χ4v) is 5.55. The molecule has 1 aliphatic carbocycles. The number of allylic oxidation sites excluding steroid dienone is 1. The lowest BCUT2D eigenvalue weighted by Gasteiger charge is -2.40. The predicted molar refractivity (Wildman–Crippen MR) is 129 cm³/mol. The fourth-order valence-electron chi connectivity index (χ4n) is 5.55. The molecule has 1 aromatic heterocycles. The van der Waals surface area contributed by atoms with Crippen LogP contribution in [0, 0.1) is 34.8 Å². The van der Waals surface area contributed by atoms with Crippen LogP contribution in [-0.2, 0) is 6.42 Å². The highest BCUT2D eigenvalue weighted by Gasteiger charge is 2.34. The molecule has 0 spiro atoms. The first-order valence-corrected chi connectivity index (χ1v) is 12.5. The smallest absolute Gasteiger partial charge is 0.247 e. The highest BCUT2D eigenvalue weighted by atomic mass is 16.8. The van der Waals surface area contributed by atoms with Crippen molar-refractivity contribution in [1.82, 2.24) is 15.1 Å². The van der Waals surface area contributed by atoms with Gasteiger partial charge in [-0.1, -0.05) is 25.5 Å². The average molecular weight is 471 g/mol. The van der Waals surface area contributed by atoms with E-state index < -0.39 is 5.23 Å². The van der Waals surface area contributed by atoms with Crippen molar-refractivity contribution < 1.29 is 20.0 Å². The molecule has 1 aliphatic heterocycles. The van der Waals surface area contributed by atoms with Gasteiger partial charge < -0.3 is 19.6 Å². The number of aliphatic hydroxyl groups excluding tert-OH is 1. The number of aliphatic hydroxyl groups is 1. The lowest BCUT2D eigenvalue weighted by Crippen LogP contribution is -2.99. The molecule has 1 fully saturated rings. The second kappa shape index (κ2) is 11.1. The van der Waals surface area contributed by atoms with Gasteiger partial charge >= 0.3 is 0 Å². The molecule has 2 heterocycles. The molecule has 0 saturated carbocycles. The van der Waals surface area contributed by atoms with Crippen LogP contribution in [0.2, 0.25) is 0 Å². The van der Waals surface area contributed by atoms with Gasteiger partial charge in [0, 0.05) is 37.3 Å². The summed E-state index contributed by atoms with van der Waals surface area (Å²) in [5.74, 6) is 3.66. The maximum Gasteiger partial charge on any atom is 0.247 e. The Morgan fingerprint density at radius 3 is 2.50 bits per heavy atom. The Bertz CT molecular complexity index is 948. The first-order valence-electron chi connectivity index (χ1n) is 12.5. The SMILES string of the molecule is CC1=CC(CN2CCC(CO)CC2)C(C(C)C)CC1Cc1nnc(-c2ccc([NH+]([O-])O)cc2)o1. The highest BCUT2D eigenvalue weighted by molar-refractivity contribution is 5.55. The van der Waals surface area contributed by atoms with Crippen molar-refractivity contribution in [1.29, 1.82) is 0 Å². The molecule has 2 aliphatic rings. The van der Waals surface area contributed by atoms with Gasteiger partial charge in [0.15, 0.2) is 5.69 Å². The van der Waals surface area contributed by atoms with E-state index in [1.54, 1.807) is 24.3 Å². The number of nitrogens with zero attached hydrogens (tertiary/aromatic N) is 3. The molecule has 8 nitrogen and oxygen atoms in total. The number of hydrogen-bond acceptors (Lipinski definition) is 7. The van der Waals surface area contributed by atoms with Gasteiger partial charge in [-0.2, -0.15) is 5.23 Å². The zero-order chi connectivity index (χ0) is 24.2. The Morgan fingerprint density at radius 1 is 1.18 bits per heavy atom. The summed E-state index contributed by atoms with van der Waals surface area (Å²) in [6.07, 6.45) is 6.51. The zero-order valence-corrected chi connectivity index (χ0v) is 20.5. The lowest BCUT2D eigenvalue weighted by atomic mass is 9.69. The van der Waals surface area contributed by atoms with E-state index >= 15 is 0 Å². The Morgan fingerprint density at radius 2 is 1.88 bits per heavy atom. The molecule has 0 amide bonds. The summed E-state index contributed by atoms with van der Waals surface area (Å²) in [6.45, 7) is 10.5. The molecule has 4 unspecified atom stereocenters. The Balaban J connectivity index is 1.41. The van der Waals surface area contributed by atoms with Gasteiger partial charge in [-0.3, -0.25) is 0 Å². The number of nitrogens with one attached hydrogen (secondary N) is 1.